The van der Waals surface area contributed by atoms with E-state index >= 15 is 0 Å². The van der Waals surface area contributed by atoms with Crippen LogP contribution in [0.1, 0.15) is 11.1 Å². The van der Waals surface area contributed by atoms with Gasteiger partial charge in [-0.3, -0.25) is 4.79 Å². The Morgan fingerprint density at radius 3 is 2.35 bits per heavy atom. The average molecular weight is 399 g/mol. The maximum absolute atomic E-state index is 12.0. The predicted molar refractivity (Wildman–Crippen MR) is 108 cm³/mol. The second kappa shape index (κ2) is 10.9. The van der Waals surface area contributed by atoms with E-state index in [0.717, 1.165) is 43.2 Å². The molecule has 1 saturated heterocycles. The zero-order valence-electron chi connectivity index (χ0n) is 14.4. The number of hydrogen-bond acceptors (Lipinski definition) is 5. The highest BCUT2D eigenvalue weighted by atomic mass is 35.5. The Bertz CT molecular complexity index is 675. The molecular weight excluding hydrogens is 375 g/mol. The molecule has 0 spiro atoms. The van der Waals surface area contributed by atoms with Gasteiger partial charge in [-0.05, 0) is 29.3 Å². The number of carbonyl (C=O) groups is 1. The highest BCUT2D eigenvalue weighted by Crippen LogP contribution is 2.13. The number of anilines is 2. The van der Waals surface area contributed by atoms with E-state index in [-0.39, 0.29) is 30.7 Å². The van der Waals surface area contributed by atoms with Crippen molar-refractivity contribution in [1.29, 1.82) is 0 Å². The number of benzene rings is 1. The Morgan fingerprint density at radius 2 is 1.73 bits per heavy atom. The summed E-state index contributed by atoms with van der Waals surface area (Å²) in [7, 11) is 0. The van der Waals surface area contributed by atoms with Crippen LogP contribution in [0.4, 0.5) is 11.5 Å². The molecule has 0 radical (unpaired) electrons. The Hall–Kier alpha value is -2.02. The van der Waals surface area contributed by atoms with Crippen molar-refractivity contribution in [3.05, 3.63) is 53.7 Å². The fourth-order valence-electron chi connectivity index (χ4n) is 2.58. The molecule has 1 amide bonds. The molecular formula is C18H24Cl2N4O2. The Morgan fingerprint density at radius 1 is 1.08 bits per heavy atom. The molecule has 1 aromatic heterocycles. The van der Waals surface area contributed by atoms with Gasteiger partial charge in [0.1, 0.15) is 5.82 Å². The maximum atomic E-state index is 12.0. The molecule has 0 aliphatic carbocycles. The summed E-state index contributed by atoms with van der Waals surface area (Å²) in [6, 6.07) is 11.3. The number of hydrogen-bond donors (Lipinski definition) is 2. The van der Waals surface area contributed by atoms with Crippen molar-refractivity contribution < 1.29 is 9.53 Å². The number of rotatable bonds is 5. The van der Waals surface area contributed by atoms with Crippen molar-refractivity contribution in [2.75, 3.05) is 36.9 Å². The summed E-state index contributed by atoms with van der Waals surface area (Å²) in [5.74, 6) is 0.937. The number of nitrogens with two attached hydrogens (primary N) is 1. The van der Waals surface area contributed by atoms with Gasteiger partial charge in [0.15, 0.2) is 0 Å². The molecule has 142 valence electrons. The number of ether oxygens (including phenoxy) is 1. The fourth-order valence-corrected chi connectivity index (χ4v) is 2.58. The lowest BCUT2D eigenvalue weighted by Crippen LogP contribution is -2.36. The molecule has 1 aromatic carbocycles. The van der Waals surface area contributed by atoms with Crippen LogP contribution in [0.3, 0.4) is 0 Å². The van der Waals surface area contributed by atoms with Crippen LogP contribution in [0.15, 0.2) is 42.6 Å². The number of carbonyl (C=O) groups excluding carboxylic acids is 1. The van der Waals surface area contributed by atoms with Gasteiger partial charge in [-0.2, -0.15) is 0 Å². The lowest BCUT2D eigenvalue weighted by molar-refractivity contribution is -0.120. The number of morpholine rings is 1. The minimum atomic E-state index is -0.0166. The normalized spacial score (nSPS) is 13.3. The van der Waals surface area contributed by atoms with Gasteiger partial charge in [-0.25, -0.2) is 4.98 Å². The van der Waals surface area contributed by atoms with E-state index < -0.39 is 0 Å². The van der Waals surface area contributed by atoms with Gasteiger partial charge in [0.05, 0.1) is 19.6 Å². The molecule has 0 saturated carbocycles. The van der Waals surface area contributed by atoms with Gasteiger partial charge in [0, 0.05) is 31.5 Å². The summed E-state index contributed by atoms with van der Waals surface area (Å²) in [6.07, 6.45) is 2.16. The Kier molecular flexibility index (Phi) is 9.19. The van der Waals surface area contributed by atoms with Gasteiger partial charge in [0.25, 0.3) is 0 Å². The lowest BCUT2D eigenvalue weighted by atomic mass is 10.1. The third-order valence-corrected chi connectivity index (χ3v) is 3.98. The fraction of sp³-hybridized carbons (Fsp3) is 0.333. The number of nitrogen functional groups attached to an aromatic ring is 1. The second-order valence-corrected chi connectivity index (χ2v) is 5.82. The summed E-state index contributed by atoms with van der Waals surface area (Å²) < 4.78 is 5.34. The highest BCUT2D eigenvalue weighted by Gasteiger charge is 2.12. The smallest absolute Gasteiger partial charge is 0.224 e. The molecule has 3 rings (SSSR count). The van der Waals surface area contributed by atoms with E-state index in [4.69, 9.17) is 10.5 Å². The van der Waals surface area contributed by atoms with Gasteiger partial charge in [-0.1, -0.05) is 18.2 Å². The minimum absolute atomic E-state index is 0. The number of aromatic nitrogens is 1. The van der Waals surface area contributed by atoms with Crippen molar-refractivity contribution in [3.8, 4) is 0 Å². The first kappa shape index (κ1) is 22.0. The molecule has 1 aliphatic rings. The number of halogens is 2. The topological polar surface area (TPSA) is 80.5 Å². The van der Waals surface area contributed by atoms with E-state index in [0.29, 0.717) is 18.7 Å². The number of nitrogens with one attached hydrogen (secondary N) is 1. The number of nitrogens with zero attached hydrogens (tertiary/aromatic N) is 2. The van der Waals surface area contributed by atoms with Crippen molar-refractivity contribution in [2.24, 2.45) is 0 Å². The largest absolute Gasteiger partial charge is 0.399 e. The van der Waals surface area contributed by atoms with Crippen molar-refractivity contribution in [3.63, 3.8) is 0 Å². The van der Waals surface area contributed by atoms with E-state index in [1.807, 2.05) is 30.5 Å². The Balaban J connectivity index is 0.00000169. The summed E-state index contributed by atoms with van der Waals surface area (Å²) in [4.78, 5) is 18.7. The zero-order valence-corrected chi connectivity index (χ0v) is 16.0. The molecule has 3 N–H and O–H groups in total. The number of pyridine rings is 1. The van der Waals surface area contributed by atoms with Crippen molar-refractivity contribution in [2.45, 2.75) is 13.0 Å². The monoisotopic (exact) mass is 398 g/mol. The summed E-state index contributed by atoms with van der Waals surface area (Å²) in [5.41, 5.74) is 8.27. The van der Waals surface area contributed by atoms with Crippen LogP contribution in [0.25, 0.3) is 0 Å². The number of amides is 1. The zero-order chi connectivity index (χ0) is 16.8. The first-order valence-corrected chi connectivity index (χ1v) is 8.09. The summed E-state index contributed by atoms with van der Waals surface area (Å²) >= 11 is 0. The average Bonchev–Trinajstić information content (AvgIpc) is 2.63. The molecule has 1 fully saturated rings. The standard InChI is InChI=1S/C18H22N4O2.2ClH/c19-16-4-1-14(2-5-16)11-18(23)21-13-15-3-6-17(20-12-15)22-7-9-24-10-8-22;;/h1-6,12H,7-11,13,19H2,(H,21,23);2*1H. The quantitative estimate of drug-likeness (QED) is 0.754. The van der Waals surface area contributed by atoms with Crippen molar-refractivity contribution in [1.82, 2.24) is 10.3 Å². The summed E-state index contributed by atoms with van der Waals surface area (Å²) in [5, 5.41) is 2.92. The molecule has 2 heterocycles. The second-order valence-electron chi connectivity index (χ2n) is 5.82. The van der Waals surface area contributed by atoms with Crippen LogP contribution in [-0.4, -0.2) is 37.2 Å². The van der Waals surface area contributed by atoms with Gasteiger partial charge < -0.3 is 20.7 Å². The molecule has 6 nitrogen and oxygen atoms in total. The third-order valence-electron chi connectivity index (χ3n) is 3.98. The van der Waals surface area contributed by atoms with Crippen LogP contribution in [0.2, 0.25) is 0 Å². The van der Waals surface area contributed by atoms with E-state index in [1.165, 1.54) is 0 Å². The SMILES string of the molecule is Cl.Cl.Nc1ccc(CC(=O)NCc2ccc(N3CCOCC3)nc2)cc1. The van der Waals surface area contributed by atoms with Crippen LogP contribution in [0, 0.1) is 0 Å². The molecule has 2 aromatic rings. The first-order chi connectivity index (χ1) is 11.7. The molecule has 0 atom stereocenters. The van der Waals surface area contributed by atoms with Crippen LogP contribution < -0.4 is 16.0 Å². The lowest BCUT2D eigenvalue weighted by Gasteiger charge is -2.27. The van der Waals surface area contributed by atoms with Gasteiger partial charge >= 0.3 is 0 Å². The molecule has 26 heavy (non-hydrogen) atoms. The molecule has 1 aliphatic heterocycles. The van der Waals surface area contributed by atoms with Gasteiger partial charge in [-0.15, -0.1) is 24.8 Å². The maximum Gasteiger partial charge on any atom is 0.224 e. The van der Waals surface area contributed by atoms with Crippen LogP contribution in [0.5, 0.6) is 0 Å². The third kappa shape index (κ3) is 6.37. The highest BCUT2D eigenvalue weighted by molar-refractivity contribution is 5.85. The predicted octanol–water partition coefficient (Wildman–Crippen LogP) is 2.20. The molecule has 0 bridgehead atoms. The van der Waals surface area contributed by atoms with Crippen molar-refractivity contribution >= 4 is 42.2 Å². The van der Waals surface area contributed by atoms with Gasteiger partial charge in [0.2, 0.25) is 5.91 Å². The summed E-state index contributed by atoms with van der Waals surface area (Å²) in [6.45, 7) is 3.69. The van der Waals surface area contributed by atoms with E-state index in [9.17, 15) is 4.79 Å². The van der Waals surface area contributed by atoms with E-state index in [1.54, 1.807) is 12.1 Å². The molecule has 0 unspecified atom stereocenters. The van der Waals surface area contributed by atoms with Crippen LogP contribution >= 0.6 is 24.8 Å². The Labute approximate surface area is 165 Å². The van der Waals surface area contributed by atoms with E-state index in [2.05, 4.69) is 15.2 Å². The first-order valence-electron chi connectivity index (χ1n) is 8.09. The minimum Gasteiger partial charge on any atom is -0.399 e. The van der Waals surface area contributed by atoms with Crippen LogP contribution in [-0.2, 0) is 22.5 Å². The molecule has 8 heteroatoms.